The molecule has 0 heterocycles. The van der Waals surface area contributed by atoms with Gasteiger partial charge < -0.3 is 0 Å². The fraction of sp³-hybridized carbons (Fsp3) is 0.0508. The van der Waals surface area contributed by atoms with Gasteiger partial charge in [-0.25, -0.2) is 0 Å². The number of benzene rings is 11. The molecule has 0 aliphatic heterocycles. The van der Waals surface area contributed by atoms with E-state index in [0.29, 0.717) is 0 Å². The zero-order chi connectivity index (χ0) is 39.2. The molecule has 1 aliphatic rings. The molecule has 0 bridgehead atoms. The summed E-state index contributed by atoms with van der Waals surface area (Å²) >= 11 is 0. The molecule has 11 aromatic rings. The highest BCUT2D eigenvalue weighted by Gasteiger charge is 2.37. The molecule has 0 aromatic heterocycles. The second-order valence-corrected chi connectivity index (χ2v) is 16.8. The van der Waals surface area contributed by atoms with E-state index in [1.54, 1.807) is 0 Å². The van der Waals surface area contributed by atoms with Gasteiger partial charge in [0.25, 0.3) is 0 Å². The molecular formula is C59H40. The zero-order valence-electron chi connectivity index (χ0n) is 33.1. The average Bonchev–Trinajstić information content (AvgIpc) is 3.53. The fourth-order valence-electron chi connectivity index (χ4n) is 10.6. The largest absolute Gasteiger partial charge is 0.0616 e. The van der Waals surface area contributed by atoms with Gasteiger partial charge in [0.05, 0.1) is 0 Å². The highest BCUT2D eigenvalue weighted by atomic mass is 14.4. The highest BCUT2D eigenvalue weighted by Crippen LogP contribution is 2.53. The highest BCUT2D eigenvalue weighted by molar-refractivity contribution is 6.23. The summed E-state index contributed by atoms with van der Waals surface area (Å²) in [5.41, 5.74) is 15.4. The van der Waals surface area contributed by atoms with Crippen molar-refractivity contribution in [1.82, 2.24) is 0 Å². The van der Waals surface area contributed by atoms with Crippen molar-refractivity contribution in [3.8, 4) is 55.6 Å². The Hall–Kier alpha value is -7.28. The van der Waals surface area contributed by atoms with Crippen molar-refractivity contribution in [3.05, 3.63) is 217 Å². The van der Waals surface area contributed by atoms with Gasteiger partial charge in [-0.1, -0.05) is 202 Å². The Balaban J connectivity index is 1.06. The van der Waals surface area contributed by atoms with E-state index < -0.39 is 0 Å². The molecule has 0 heteroatoms. The molecule has 0 spiro atoms. The lowest BCUT2D eigenvalue weighted by Gasteiger charge is -2.23. The maximum absolute atomic E-state index is 2.43. The summed E-state index contributed by atoms with van der Waals surface area (Å²) in [6, 6.07) is 76.9. The molecule has 0 amide bonds. The molecule has 0 nitrogen and oxygen atoms in total. The van der Waals surface area contributed by atoms with Gasteiger partial charge >= 0.3 is 0 Å². The van der Waals surface area contributed by atoms with Gasteiger partial charge in [0.2, 0.25) is 0 Å². The SMILES string of the molecule is CC1(C)c2ccc(-c3cccc(-c4c5ccccc5c(-c5ccccc5-c5cc6ccccc6c6ccccc56)c5ccccc45)c3)cc2-c2ccc3ccccc3c21. The van der Waals surface area contributed by atoms with Gasteiger partial charge in [-0.05, 0) is 139 Å². The first-order valence-corrected chi connectivity index (χ1v) is 20.8. The average molecular weight is 749 g/mol. The Morgan fingerprint density at radius 1 is 0.271 bits per heavy atom. The molecule has 0 radical (unpaired) electrons. The lowest BCUT2D eigenvalue weighted by Crippen LogP contribution is -2.15. The van der Waals surface area contributed by atoms with Crippen LogP contribution in [-0.2, 0) is 5.41 Å². The summed E-state index contributed by atoms with van der Waals surface area (Å²) in [7, 11) is 0. The van der Waals surface area contributed by atoms with Gasteiger partial charge in [0, 0.05) is 5.41 Å². The molecule has 0 atom stereocenters. The van der Waals surface area contributed by atoms with Crippen LogP contribution in [0.5, 0.6) is 0 Å². The third kappa shape index (κ3) is 5.03. The summed E-state index contributed by atoms with van der Waals surface area (Å²) in [5.74, 6) is 0. The minimum Gasteiger partial charge on any atom is -0.0616 e. The Morgan fingerprint density at radius 2 is 0.814 bits per heavy atom. The van der Waals surface area contributed by atoms with E-state index in [1.807, 2.05) is 0 Å². The van der Waals surface area contributed by atoms with E-state index in [0.717, 1.165) is 0 Å². The van der Waals surface area contributed by atoms with Crippen molar-refractivity contribution in [1.29, 1.82) is 0 Å². The molecule has 0 fully saturated rings. The van der Waals surface area contributed by atoms with Crippen LogP contribution in [0.4, 0.5) is 0 Å². The lowest BCUT2D eigenvalue weighted by molar-refractivity contribution is 0.666. The van der Waals surface area contributed by atoms with Crippen LogP contribution in [0.1, 0.15) is 25.0 Å². The van der Waals surface area contributed by atoms with Crippen LogP contribution in [0.15, 0.2) is 206 Å². The molecule has 0 saturated heterocycles. The van der Waals surface area contributed by atoms with Gasteiger partial charge in [0.1, 0.15) is 0 Å². The predicted molar refractivity (Wildman–Crippen MR) is 253 cm³/mol. The Morgan fingerprint density at radius 3 is 1.54 bits per heavy atom. The lowest BCUT2D eigenvalue weighted by atomic mass is 9.80. The van der Waals surface area contributed by atoms with Gasteiger partial charge in [-0.2, -0.15) is 0 Å². The van der Waals surface area contributed by atoms with Crippen molar-refractivity contribution in [3.63, 3.8) is 0 Å². The van der Waals surface area contributed by atoms with Crippen molar-refractivity contribution in [2.75, 3.05) is 0 Å². The van der Waals surface area contributed by atoms with E-state index in [2.05, 4.69) is 220 Å². The standard InChI is InChI=1S/C59H40/c1-59(2)55-33-31-39(35-54(55)52-32-30-37-16-3-6-21-43(37)58(52)59)38-18-15-19-41(34-38)56-48-26-11-13-28-50(48)57(51-29-14-12-27-49(51)56)47-25-10-9-24-46(47)53-36-40-17-4-5-20-42(40)44-22-7-8-23-45(44)53/h3-36H,1-2H3. The fourth-order valence-corrected chi connectivity index (χ4v) is 10.6. The van der Waals surface area contributed by atoms with Crippen LogP contribution in [0, 0.1) is 0 Å². The predicted octanol–water partition coefficient (Wildman–Crippen LogP) is 16.4. The smallest absolute Gasteiger partial charge is 0.0165 e. The van der Waals surface area contributed by atoms with Crippen LogP contribution in [0.25, 0.3) is 109 Å². The van der Waals surface area contributed by atoms with E-state index in [9.17, 15) is 0 Å². The first-order chi connectivity index (χ1) is 29.0. The van der Waals surface area contributed by atoms with E-state index in [1.165, 1.54) is 121 Å². The number of rotatable bonds is 4. The van der Waals surface area contributed by atoms with Gasteiger partial charge in [-0.15, -0.1) is 0 Å². The molecule has 59 heavy (non-hydrogen) atoms. The van der Waals surface area contributed by atoms with Crippen molar-refractivity contribution < 1.29 is 0 Å². The van der Waals surface area contributed by atoms with Crippen molar-refractivity contribution in [2.24, 2.45) is 0 Å². The third-order valence-electron chi connectivity index (χ3n) is 13.2. The molecule has 0 saturated carbocycles. The third-order valence-corrected chi connectivity index (χ3v) is 13.2. The molecule has 11 aromatic carbocycles. The second kappa shape index (κ2) is 12.9. The summed E-state index contributed by atoms with van der Waals surface area (Å²) in [5, 5.41) is 12.8. The van der Waals surface area contributed by atoms with Crippen LogP contribution in [0.2, 0.25) is 0 Å². The van der Waals surface area contributed by atoms with Crippen LogP contribution in [0.3, 0.4) is 0 Å². The van der Waals surface area contributed by atoms with Crippen LogP contribution in [-0.4, -0.2) is 0 Å². The summed E-state index contributed by atoms with van der Waals surface area (Å²) in [4.78, 5) is 0. The van der Waals surface area contributed by atoms with E-state index >= 15 is 0 Å². The molecular weight excluding hydrogens is 709 g/mol. The number of hydrogen-bond donors (Lipinski definition) is 0. The van der Waals surface area contributed by atoms with Gasteiger partial charge in [0.15, 0.2) is 0 Å². The maximum Gasteiger partial charge on any atom is 0.0165 e. The normalized spacial score (nSPS) is 13.1. The van der Waals surface area contributed by atoms with E-state index in [-0.39, 0.29) is 5.41 Å². The minimum absolute atomic E-state index is 0.0779. The van der Waals surface area contributed by atoms with Crippen molar-refractivity contribution in [2.45, 2.75) is 19.3 Å². The Labute approximate surface area is 344 Å². The van der Waals surface area contributed by atoms with Crippen LogP contribution >= 0.6 is 0 Å². The number of hydrogen-bond acceptors (Lipinski definition) is 0. The van der Waals surface area contributed by atoms with Gasteiger partial charge in [-0.3, -0.25) is 0 Å². The number of fused-ring (bicyclic) bond motifs is 10. The summed E-state index contributed by atoms with van der Waals surface area (Å²) < 4.78 is 0. The molecule has 276 valence electrons. The van der Waals surface area contributed by atoms with Crippen molar-refractivity contribution >= 4 is 53.9 Å². The molecule has 12 rings (SSSR count). The van der Waals surface area contributed by atoms with E-state index in [4.69, 9.17) is 0 Å². The minimum atomic E-state index is -0.0779. The first kappa shape index (κ1) is 33.8. The monoisotopic (exact) mass is 748 g/mol. The topological polar surface area (TPSA) is 0 Å². The second-order valence-electron chi connectivity index (χ2n) is 16.8. The molecule has 0 unspecified atom stereocenters. The quantitative estimate of drug-likeness (QED) is 0.124. The molecule has 0 N–H and O–H groups in total. The maximum atomic E-state index is 2.43. The Bertz CT molecular complexity index is 3470. The van der Waals surface area contributed by atoms with Crippen LogP contribution < -0.4 is 0 Å². The zero-order valence-corrected chi connectivity index (χ0v) is 33.1. The molecule has 1 aliphatic carbocycles. The summed E-state index contributed by atoms with van der Waals surface area (Å²) in [6.45, 7) is 4.76. The summed E-state index contributed by atoms with van der Waals surface area (Å²) in [6.07, 6.45) is 0. The first-order valence-electron chi connectivity index (χ1n) is 20.8. The Kier molecular flexibility index (Phi) is 7.38.